The average Bonchev–Trinajstić information content (AvgIpc) is 2.62. The molecule has 0 radical (unpaired) electrons. The number of aryl methyl sites for hydroxylation is 1. The lowest BCUT2D eigenvalue weighted by molar-refractivity contribution is 0.208. The monoisotopic (exact) mass is 340 g/mol. The largest absolute Gasteiger partial charge is 0.363 e. The minimum Gasteiger partial charge on any atom is -0.363 e. The Kier molecular flexibility index (Phi) is 5.02. The summed E-state index contributed by atoms with van der Waals surface area (Å²) in [7, 11) is 3.94. The number of rotatable bonds is 3. The highest BCUT2D eigenvalue weighted by Crippen LogP contribution is 2.17. The maximum absolute atomic E-state index is 12.4. The number of para-hydroxylation sites is 1. The van der Waals surface area contributed by atoms with Crippen LogP contribution in [0.4, 0.5) is 22.2 Å². The first kappa shape index (κ1) is 17.0. The Morgan fingerprint density at radius 1 is 1.08 bits per heavy atom. The van der Waals surface area contributed by atoms with Gasteiger partial charge in [0.15, 0.2) is 0 Å². The number of urea groups is 1. The summed E-state index contributed by atoms with van der Waals surface area (Å²) in [6.45, 7) is 4.71. The molecule has 1 aromatic heterocycles. The highest BCUT2D eigenvalue weighted by Gasteiger charge is 2.23. The minimum absolute atomic E-state index is 0.0648. The van der Waals surface area contributed by atoms with Crippen LogP contribution in [0.3, 0.4) is 0 Å². The van der Waals surface area contributed by atoms with Crippen LogP contribution < -0.4 is 15.1 Å². The van der Waals surface area contributed by atoms with Gasteiger partial charge in [-0.1, -0.05) is 18.2 Å². The second-order valence-electron chi connectivity index (χ2n) is 6.33. The van der Waals surface area contributed by atoms with Gasteiger partial charge in [-0.25, -0.2) is 9.78 Å². The SMILES string of the molecule is Cc1cc(N(C)C)nc(N2CCN(C(=O)Nc3ccccc3)CC2)n1. The van der Waals surface area contributed by atoms with Gasteiger partial charge in [-0.05, 0) is 19.1 Å². The molecule has 1 aliphatic rings. The van der Waals surface area contributed by atoms with E-state index in [1.165, 1.54) is 0 Å². The second-order valence-corrected chi connectivity index (χ2v) is 6.33. The number of hydrogen-bond donors (Lipinski definition) is 1. The second kappa shape index (κ2) is 7.38. The van der Waals surface area contributed by atoms with Gasteiger partial charge >= 0.3 is 6.03 Å². The molecule has 1 saturated heterocycles. The van der Waals surface area contributed by atoms with Crippen molar-refractivity contribution in [3.63, 3.8) is 0 Å². The molecule has 7 nitrogen and oxygen atoms in total. The van der Waals surface area contributed by atoms with E-state index in [0.717, 1.165) is 36.2 Å². The van der Waals surface area contributed by atoms with E-state index in [9.17, 15) is 4.79 Å². The highest BCUT2D eigenvalue weighted by molar-refractivity contribution is 5.89. The number of benzene rings is 1. The Labute approximate surface area is 148 Å². The number of carbonyl (C=O) groups is 1. The van der Waals surface area contributed by atoms with Gasteiger partial charge in [-0.15, -0.1) is 0 Å². The van der Waals surface area contributed by atoms with Crippen LogP contribution in [0.15, 0.2) is 36.4 Å². The molecule has 2 heterocycles. The van der Waals surface area contributed by atoms with Crippen molar-refractivity contribution >= 4 is 23.5 Å². The summed E-state index contributed by atoms with van der Waals surface area (Å²) in [5.74, 6) is 1.62. The van der Waals surface area contributed by atoms with E-state index < -0.39 is 0 Å². The quantitative estimate of drug-likeness (QED) is 0.928. The van der Waals surface area contributed by atoms with E-state index in [4.69, 9.17) is 0 Å². The number of nitrogens with zero attached hydrogens (tertiary/aromatic N) is 5. The Morgan fingerprint density at radius 2 is 1.76 bits per heavy atom. The number of piperazine rings is 1. The molecule has 2 amide bonds. The van der Waals surface area contributed by atoms with Crippen LogP contribution in [0.5, 0.6) is 0 Å². The Balaban J connectivity index is 1.61. The smallest absolute Gasteiger partial charge is 0.321 e. The van der Waals surface area contributed by atoms with E-state index in [1.54, 1.807) is 0 Å². The number of aromatic nitrogens is 2. The fourth-order valence-electron chi connectivity index (χ4n) is 2.74. The van der Waals surface area contributed by atoms with Crippen molar-refractivity contribution in [2.24, 2.45) is 0 Å². The molecule has 3 rings (SSSR count). The minimum atomic E-state index is -0.0648. The predicted octanol–water partition coefficient (Wildman–Crippen LogP) is 2.21. The zero-order valence-corrected chi connectivity index (χ0v) is 14.9. The van der Waals surface area contributed by atoms with Crippen molar-refractivity contribution in [3.8, 4) is 0 Å². The summed E-state index contributed by atoms with van der Waals surface area (Å²) in [6, 6.07) is 11.4. The molecule has 25 heavy (non-hydrogen) atoms. The van der Waals surface area contributed by atoms with Gasteiger partial charge in [0.05, 0.1) is 0 Å². The maximum Gasteiger partial charge on any atom is 0.321 e. The first-order chi connectivity index (χ1) is 12.0. The van der Waals surface area contributed by atoms with Crippen molar-refractivity contribution in [1.29, 1.82) is 0 Å². The lowest BCUT2D eigenvalue weighted by Crippen LogP contribution is -2.50. The summed E-state index contributed by atoms with van der Waals surface area (Å²) in [5, 5.41) is 2.93. The summed E-state index contributed by atoms with van der Waals surface area (Å²) >= 11 is 0. The van der Waals surface area contributed by atoms with Crippen molar-refractivity contribution < 1.29 is 4.79 Å². The number of hydrogen-bond acceptors (Lipinski definition) is 5. The van der Waals surface area contributed by atoms with Gasteiger partial charge in [0.25, 0.3) is 0 Å². The topological polar surface area (TPSA) is 64.6 Å². The van der Waals surface area contributed by atoms with Crippen LogP contribution >= 0.6 is 0 Å². The molecule has 1 aromatic carbocycles. The third-order valence-corrected chi connectivity index (χ3v) is 4.16. The summed E-state index contributed by atoms with van der Waals surface area (Å²) in [4.78, 5) is 27.5. The van der Waals surface area contributed by atoms with E-state index in [-0.39, 0.29) is 6.03 Å². The summed E-state index contributed by atoms with van der Waals surface area (Å²) in [5.41, 5.74) is 1.76. The number of anilines is 3. The van der Waals surface area contributed by atoms with E-state index >= 15 is 0 Å². The van der Waals surface area contributed by atoms with Gasteiger partial charge in [-0.2, -0.15) is 4.98 Å². The molecule has 1 aliphatic heterocycles. The van der Waals surface area contributed by atoms with Crippen LogP contribution in [0.1, 0.15) is 5.69 Å². The zero-order chi connectivity index (χ0) is 17.8. The van der Waals surface area contributed by atoms with Crippen LogP contribution in [0.2, 0.25) is 0 Å². The molecule has 132 valence electrons. The van der Waals surface area contributed by atoms with Crippen molar-refractivity contribution in [3.05, 3.63) is 42.1 Å². The summed E-state index contributed by atoms with van der Waals surface area (Å²) < 4.78 is 0. The molecule has 2 aromatic rings. The van der Waals surface area contributed by atoms with E-state index in [0.29, 0.717) is 13.1 Å². The first-order valence-electron chi connectivity index (χ1n) is 8.42. The van der Waals surface area contributed by atoms with Crippen LogP contribution in [0, 0.1) is 6.92 Å². The van der Waals surface area contributed by atoms with Crippen LogP contribution in [-0.2, 0) is 0 Å². The Bertz CT molecular complexity index is 726. The molecule has 0 bridgehead atoms. The molecular weight excluding hydrogens is 316 g/mol. The van der Waals surface area contributed by atoms with Crippen LogP contribution in [-0.4, -0.2) is 61.2 Å². The molecule has 1 fully saturated rings. The number of nitrogens with one attached hydrogen (secondary N) is 1. The van der Waals surface area contributed by atoms with Gasteiger partial charge in [0.1, 0.15) is 5.82 Å². The lowest BCUT2D eigenvalue weighted by Gasteiger charge is -2.35. The number of carbonyl (C=O) groups excluding carboxylic acids is 1. The molecule has 7 heteroatoms. The van der Waals surface area contributed by atoms with Gasteiger partial charge in [0, 0.05) is 57.7 Å². The zero-order valence-electron chi connectivity index (χ0n) is 14.9. The maximum atomic E-state index is 12.4. The molecule has 0 unspecified atom stereocenters. The predicted molar refractivity (Wildman–Crippen MR) is 100 cm³/mol. The van der Waals surface area contributed by atoms with Crippen molar-refractivity contribution in [2.45, 2.75) is 6.92 Å². The summed E-state index contributed by atoms with van der Waals surface area (Å²) in [6.07, 6.45) is 0. The Morgan fingerprint density at radius 3 is 2.40 bits per heavy atom. The third kappa shape index (κ3) is 4.17. The molecule has 0 aliphatic carbocycles. The molecule has 1 N–H and O–H groups in total. The van der Waals surface area contributed by atoms with Crippen molar-refractivity contribution in [1.82, 2.24) is 14.9 Å². The standard InChI is InChI=1S/C18H24N6O/c1-14-13-16(22(2)3)21-17(19-14)23-9-11-24(12-10-23)18(25)20-15-7-5-4-6-8-15/h4-8,13H,9-12H2,1-3H3,(H,20,25). The van der Waals surface area contributed by atoms with Crippen molar-refractivity contribution in [2.75, 3.05) is 55.4 Å². The number of amides is 2. The Hall–Kier alpha value is -2.83. The molecule has 0 saturated carbocycles. The molecular formula is C18H24N6O. The average molecular weight is 340 g/mol. The van der Waals surface area contributed by atoms with Gasteiger partial charge in [-0.3, -0.25) is 0 Å². The molecule has 0 spiro atoms. The normalized spacial score (nSPS) is 14.4. The fourth-order valence-corrected chi connectivity index (χ4v) is 2.74. The third-order valence-electron chi connectivity index (χ3n) is 4.16. The fraction of sp³-hybridized carbons (Fsp3) is 0.389. The van der Waals surface area contributed by atoms with Gasteiger partial charge in [0.2, 0.25) is 5.95 Å². The van der Waals surface area contributed by atoms with E-state index in [1.807, 2.05) is 67.2 Å². The van der Waals surface area contributed by atoms with E-state index in [2.05, 4.69) is 20.2 Å². The van der Waals surface area contributed by atoms with Crippen LogP contribution in [0.25, 0.3) is 0 Å². The molecule has 0 atom stereocenters. The highest BCUT2D eigenvalue weighted by atomic mass is 16.2. The van der Waals surface area contributed by atoms with Gasteiger partial charge < -0.3 is 20.0 Å². The lowest BCUT2D eigenvalue weighted by atomic mass is 10.3. The first-order valence-corrected chi connectivity index (χ1v) is 8.42.